The van der Waals surface area contributed by atoms with Gasteiger partial charge < -0.3 is 5.32 Å². The summed E-state index contributed by atoms with van der Waals surface area (Å²) in [6.07, 6.45) is 5.66. The normalized spacial score (nSPS) is 11.3. The van der Waals surface area contributed by atoms with Gasteiger partial charge in [-0.25, -0.2) is 0 Å². The zero-order valence-corrected chi connectivity index (χ0v) is 12.8. The fourth-order valence-electron chi connectivity index (χ4n) is 2.00. The van der Waals surface area contributed by atoms with Crippen molar-refractivity contribution in [3.63, 3.8) is 0 Å². The highest BCUT2D eigenvalue weighted by Gasteiger charge is 2.07. The van der Waals surface area contributed by atoms with E-state index in [2.05, 4.69) is 48.1 Å². The van der Waals surface area contributed by atoms with Crippen molar-refractivity contribution in [2.45, 2.75) is 52.6 Å². The van der Waals surface area contributed by atoms with E-state index in [-0.39, 0.29) is 0 Å². The van der Waals surface area contributed by atoms with E-state index < -0.39 is 0 Å². The zero-order chi connectivity index (χ0) is 13.2. The molecule has 4 heteroatoms. The Morgan fingerprint density at radius 2 is 2.11 bits per heavy atom. The van der Waals surface area contributed by atoms with Crippen molar-refractivity contribution in [2.75, 3.05) is 18.1 Å². The molecule has 0 saturated heterocycles. The number of nitrogens with zero attached hydrogens (tertiary/aromatic N) is 2. The summed E-state index contributed by atoms with van der Waals surface area (Å²) in [6.45, 7) is 8.63. The van der Waals surface area contributed by atoms with Gasteiger partial charge in [0.15, 0.2) is 0 Å². The number of thioether (sulfide) groups is 1. The lowest BCUT2D eigenvalue weighted by Gasteiger charge is -2.12. The van der Waals surface area contributed by atoms with E-state index in [1.165, 1.54) is 17.9 Å². The highest BCUT2D eigenvalue weighted by Crippen LogP contribution is 2.14. The summed E-state index contributed by atoms with van der Waals surface area (Å²) in [7, 11) is 0. The quantitative estimate of drug-likeness (QED) is 0.660. The molecule has 0 atom stereocenters. The minimum absolute atomic E-state index is 0.555. The van der Waals surface area contributed by atoms with E-state index in [4.69, 9.17) is 0 Å². The smallest absolute Gasteiger partial charge is 0.0762 e. The molecule has 0 bridgehead atoms. The standard InChI is InChI=1S/C14H27N3S/c1-4-14(5-2)17-10-8-13(16-17)12-15-9-7-11-18-6-3/h8,10,14-15H,4-7,9,11-12H2,1-3H3. The van der Waals surface area contributed by atoms with Crippen molar-refractivity contribution in [3.8, 4) is 0 Å². The number of aromatic nitrogens is 2. The predicted molar refractivity (Wildman–Crippen MR) is 81.2 cm³/mol. The Morgan fingerprint density at radius 3 is 2.78 bits per heavy atom. The van der Waals surface area contributed by atoms with E-state index in [0.717, 1.165) is 31.6 Å². The molecule has 104 valence electrons. The predicted octanol–water partition coefficient (Wildman–Crippen LogP) is 3.48. The lowest BCUT2D eigenvalue weighted by Crippen LogP contribution is -2.16. The lowest BCUT2D eigenvalue weighted by atomic mass is 10.2. The van der Waals surface area contributed by atoms with Crippen LogP contribution in [0.15, 0.2) is 12.3 Å². The minimum Gasteiger partial charge on any atom is -0.311 e. The van der Waals surface area contributed by atoms with Crippen molar-refractivity contribution in [2.24, 2.45) is 0 Å². The highest BCUT2D eigenvalue weighted by molar-refractivity contribution is 7.99. The Hall–Kier alpha value is -0.480. The first-order valence-electron chi connectivity index (χ1n) is 7.14. The Kier molecular flexibility index (Phi) is 8.18. The summed E-state index contributed by atoms with van der Waals surface area (Å²) < 4.78 is 2.12. The molecule has 3 nitrogen and oxygen atoms in total. The largest absolute Gasteiger partial charge is 0.311 e. The highest BCUT2D eigenvalue weighted by atomic mass is 32.2. The summed E-state index contributed by atoms with van der Waals surface area (Å²) in [6, 6.07) is 2.69. The van der Waals surface area contributed by atoms with Gasteiger partial charge in [0.2, 0.25) is 0 Å². The maximum atomic E-state index is 4.64. The van der Waals surface area contributed by atoms with Crippen LogP contribution in [0, 0.1) is 0 Å². The maximum Gasteiger partial charge on any atom is 0.0762 e. The lowest BCUT2D eigenvalue weighted by molar-refractivity contribution is 0.424. The van der Waals surface area contributed by atoms with Crippen LogP contribution in [0.2, 0.25) is 0 Å². The van der Waals surface area contributed by atoms with Gasteiger partial charge in [0.05, 0.1) is 11.7 Å². The van der Waals surface area contributed by atoms with Crippen molar-refractivity contribution in [1.82, 2.24) is 15.1 Å². The number of hydrogen-bond acceptors (Lipinski definition) is 3. The number of rotatable bonds is 10. The third kappa shape index (κ3) is 5.44. The first-order valence-corrected chi connectivity index (χ1v) is 8.29. The molecule has 0 saturated carbocycles. The Labute approximate surface area is 116 Å². The molecule has 1 aromatic heterocycles. The molecule has 0 fully saturated rings. The summed E-state index contributed by atoms with van der Waals surface area (Å²) in [5.74, 6) is 2.48. The Morgan fingerprint density at radius 1 is 1.33 bits per heavy atom. The molecule has 0 amide bonds. The van der Waals surface area contributed by atoms with Crippen LogP contribution in [0.4, 0.5) is 0 Å². The van der Waals surface area contributed by atoms with Gasteiger partial charge in [0.25, 0.3) is 0 Å². The average Bonchev–Trinajstić information content (AvgIpc) is 2.84. The van der Waals surface area contributed by atoms with Gasteiger partial charge in [-0.3, -0.25) is 4.68 Å². The summed E-state index contributed by atoms with van der Waals surface area (Å²) >= 11 is 2.01. The average molecular weight is 269 g/mol. The van der Waals surface area contributed by atoms with Crippen LogP contribution in [0.25, 0.3) is 0 Å². The fraction of sp³-hybridized carbons (Fsp3) is 0.786. The minimum atomic E-state index is 0.555. The Balaban J connectivity index is 2.23. The van der Waals surface area contributed by atoms with Gasteiger partial charge in [0.1, 0.15) is 0 Å². The van der Waals surface area contributed by atoms with Crippen molar-refractivity contribution in [3.05, 3.63) is 18.0 Å². The molecule has 0 aromatic carbocycles. The van der Waals surface area contributed by atoms with Gasteiger partial charge >= 0.3 is 0 Å². The number of nitrogens with one attached hydrogen (secondary N) is 1. The molecule has 0 unspecified atom stereocenters. The molecule has 18 heavy (non-hydrogen) atoms. The van der Waals surface area contributed by atoms with E-state index in [1.807, 2.05) is 11.8 Å². The van der Waals surface area contributed by atoms with Gasteiger partial charge in [-0.15, -0.1) is 0 Å². The van der Waals surface area contributed by atoms with Gasteiger partial charge in [-0.1, -0.05) is 20.8 Å². The van der Waals surface area contributed by atoms with Crippen LogP contribution in [-0.2, 0) is 6.54 Å². The van der Waals surface area contributed by atoms with Crippen LogP contribution in [0.3, 0.4) is 0 Å². The third-order valence-corrected chi connectivity index (χ3v) is 4.12. The van der Waals surface area contributed by atoms with Crippen LogP contribution in [0.1, 0.15) is 51.8 Å². The monoisotopic (exact) mass is 269 g/mol. The van der Waals surface area contributed by atoms with E-state index in [1.54, 1.807) is 0 Å². The molecule has 0 radical (unpaired) electrons. The van der Waals surface area contributed by atoms with Crippen LogP contribution in [0.5, 0.6) is 0 Å². The van der Waals surface area contributed by atoms with Gasteiger partial charge in [-0.2, -0.15) is 16.9 Å². The molecule has 1 rings (SSSR count). The van der Waals surface area contributed by atoms with Crippen LogP contribution in [-0.4, -0.2) is 27.8 Å². The van der Waals surface area contributed by atoms with E-state index >= 15 is 0 Å². The second-order valence-corrected chi connectivity index (χ2v) is 5.88. The molecular weight excluding hydrogens is 242 g/mol. The zero-order valence-electron chi connectivity index (χ0n) is 12.0. The van der Waals surface area contributed by atoms with Crippen molar-refractivity contribution < 1.29 is 0 Å². The summed E-state index contributed by atoms with van der Waals surface area (Å²) in [5, 5.41) is 8.09. The fourth-order valence-corrected chi connectivity index (χ4v) is 2.63. The molecular formula is C14H27N3S. The first-order chi connectivity index (χ1) is 8.81. The molecule has 0 aliphatic heterocycles. The topological polar surface area (TPSA) is 29.9 Å². The summed E-state index contributed by atoms with van der Waals surface area (Å²) in [5.41, 5.74) is 1.16. The molecule has 0 spiro atoms. The maximum absolute atomic E-state index is 4.64. The Bertz CT molecular complexity index is 308. The molecule has 1 heterocycles. The van der Waals surface area contributed by atoms with Gasteiger partial charge in [0, 0.05) is 12.7 Å². The summed E-state index contributed by atoms with van der Waals surface area (Å²) in [4.78, 5) is 0. The molecule has 0 aliphatic rings. The second-order valence-electron chi connectivity index (χ2n) is 4.48. The first kappa shape index (κ1) is 15.6. The SMILES string of the molecule is CCSCCCNCc1ccn(C(CC)CC)n1. The van der Waals surface area contributed by atoms with Crippen molar-refractivity contribution in [1.29, 1.82) is 0 Å². The van der Waals surface area contributed by atoms with E-state index in [9.17, 15) is 0 Å². The number of hydrogen-bond donors (Lipinski definition) is 1. The van der Waals surface area contributed by atoms with Crippen LogP contribution >= 0.6 is 11.8 Å². The molecule has 0 aliphatic carbocycles. The van der Waals surface area contributed by atoms with E-state index in [0.29, 0.717) is 6.04 Å². The van der Waals surface area contributed by atoms with Gasteiger partial charge in [-0.05, 0) is 43.4 Å². The second kappa shape index (κ2) is 9.45. The third-order valence-electron chi connectivity index (χ3n) is 3.13. The van der Waals surface area contributed by atoms with Crippen molar-refractivity contribution >= 4 is 11.8 Å². The van der Waals surface area contributed by atoms with Crippen LogP contribution < -0.4 is 5.32 Å². The molecule has 1 aromatic rings. The molecule has 1 N–H and O–H groups in total.